The number of piperidine rings is 1. The van der Waals surface area contributed by atoms with Gasteiger partial charge in [0, 0.05) is 63.2 Å². The first-order valence-electron chi connectivity index (χ1n) is 8.55. The van der Waals surface area contributed by atoms with Gasteiger partial charge in [-0.3, -0.25) is 19.4 Å². The summed E-state index contributed by atoms with van der Waals surface area (Å²) in [6, 6.07) is 4.10. The number of aromatic nitrogens is 3. The molecule has 2 aliphatic heterocycles. The number of rotatable bonds is 3. The van der Waals surface area contributed by atoms with Crippen LogP contribution >= 0.6 is 0 Å². The van der Waals surface area contributed by atoms with Crippen LogP contribution in [-0.4, -0.2) is 44.2 Å². The van der Waals surface area contributed by atoms with Crippen molar-refractivity contribution in [2.75, 3.05) is 13.1 Å². The van der Waals surface area contributed by atoms with Crippen molar-refractivity contribution >= 4 is 5.91 Å². The van der Waals surface area contributed by atoms with Crippen molar-refractivity contribution in [2.45, 2.75) is 37.3 Å². The van der Waals surface area contributed by atoms with E-state index in [9.17, 15) is 4.79 Å². The smallest absolute Gasteiger partial charge is 0.221 e. The molecule has 24 heavy (non-hydrogen) atoms. The number of pyridine rings is 1. The van der Waals surface area contributed by atoms with Crippen molar-refractivity contribution < 1.29 is 4.79 Å². The summed E-state index contributed by atoms with van der Waals surface area (Å²) in [4.78, 5) is 18.8. The predicted molar refractivity (Wildman–Crippen MR) is 90.2 cm³/mol. The molecule has 6 heteroatoms. The average Bonchev–Trinajstić information content (AvgIpc) is 3.14. The van der Waals surface area contributed by atoms with Crippen LogP contribution in [0.3, 0.4) is 0 Å². The standard InChI is InChI=1S/C18H23N5O/c1-22-13-15(11-20-22)16-9-17(24)21-18(16)4-7-23(8-5-18)12-14-3-2-6-19-10-14/h2-3,6,10-11,13,16H,4-5,7-9,12H2,1H3,(H,21,24). The summed E-state index contributed by atoms with van der Waals surface area (Å²) in [6.07, 6.45) is 10.2. The van der Waals surface area contributed by atoms with Crippen LogP contribution in [-0.2, 0) is 18.4 Å². The number of hydrogen-bond donors (Lipinski definition) is 1. The molecule has 2 fully saturated rings. The van der Waals surface area contributed by atoms with E-state index in [2.05, 4.69) is 32.6 Å². The van der Waals surface area contributed by atoms with E-state index in [1.165, 1.54) is 11.1 Å². The van der Waals surface area contributed by atoms with Gasteiger partial charge in [0.15, 0.2) is 0 Å². The van der Waals surface area contributed by atoms with Crippen LogP contribution in [0.2, 0.25) is 0 Å². The van der Waals surface area contributed by atoms with E-state index in [1.54, 1.807) is 6.20 Å². The van der Waals surface area contributed by atoms with Gasteiger partial charge in [-0.2, -0.15) is 5.10 Å². The highest BCUT2D eigenvalue weighted by Gasteiger charge is 2.48. The lowest BCUT2D eigenvalue weighted by Crippen LogP contribution is -2.53. The number of hydrogen-bond acceptors (Lipinski definition) is 4. The summed E-state index contributed by atoms with van der Waals surface area (Å²) in [5, 5.41) is 7.59. The summed E-state index contributed by atoms with van der Waals surface area (Å²) in [5.41, 5.74) is 2.32. The van der Waals surface area contributed by atoms with Gasteiger partial charge in [0.1, 0.15) is 0 Å². The first kappa shape index (κ1) is 15.3. The molecule has 1 N–H and O–H groups in total. The van der Waals surface area contributed by atoms with Crippen LogP contribution < -0.4 is 5.32 Å². The number of amides is 1. The molecule has 1 unspecified atom stereocenters. The zero-order valence-corrected chi connectivity index (χ0v) is 14.0. The SMILES string of the molecule is Cn1cc(C2CC(=O)NC23CCN(Cc2cccnc2)CC3)cn1. The van der Waals surface area contributed by atoms with E-state index in [1.807, 2.05) is 30.2 Å². The number of likely N-dealkylation sites (tertiary alicyclic amines) is 1. The summed E-state index contributed by atoms with van der Waals surface area (Å²) in [7, 11) is 1.93. The van der Waals surface area contributed by atoms with Gasteiger partial charge in [-0.1, -0.05) is 6.07 Å². The second kappa shape index (κ2) is 6.02. The minimum absolute atomic E-state index is 0.106. The number of nitrogens with zero attached hydrogens (tertiary/aromatic N) is 4. The largest absolute Gasteiger partial charge is 0.350 e. The topological polar surface area (TPSA) is 63.1 Å². The molecule has 2 saturated heterocycles. The lowest BCUT2D eigenvalue weighted by Gasteiger charge is -2.42. The number of aryl methyl sites for hydroxylation is 1. The molecule has 126 valence electrons. The normalized spacial score (nSPS) is 23.5. The minimum atomic E-state index is -0.106. The molecule has 6 nitrogen and oxygen atoms in total. The summed E-state index contributed by atoms with van der Waals surface area (Å²) >= 11 is 0. The zero-order valence-electron chi connectivity index (χ0n) is 14.0. The molecule has 0 aromatic carbocycles. The van der Waals surface area contributed by atoms with Crippen LogP contribution in [0.1, 0.15) is 36.3 Å². The fourth-order valence-electron chi connectivity index (χ4n) is 4.19. The Bertz CT molecular complexity index is 718. The van der Waals surface area contributed by atoms with E-state index in [0.717, 1.165) is 32.5 Å². The zero-order chi connectivity index (χ0) is 16.6. The minimum Gasteiger partial charge on any atom is -0.350 e. The molecule has 4 heterocycles. The van der Waals surface area contributed by atoms with E-state index in [4.69, 9.17) is 0 Å². The Hall–Kier alpha value is -2.21. The quantitative estimate of drug-likeness (QED) is 0.928. The summed E-state index contributed by atoms with van der Waals surface area (Å²) in [5.74, 6) is 0.406. The number of carbonyl (C=O) groups is 1. The Morgan fingerprint density at radius 2 is 2.17 bits per heavy atom. The van der Waals surface area contributed by atoms with E-state index < -0.39 is 0 Å². The predicted octanol–water partition coefficient (Wildman–Crippen LogP) is 1.45. The fraction of sp³-hybridized carbons (Fsp3) is 0.500. The van der Waals surface area contributed by atoms with Crippen molar-refractivity contribution in [3.63, 3.8) is 0 Å². The Balaban J connectivity index is 1.47. The van der Waals surface area contributed by atoms with Gasteiger partial charge < -0.3 is 5.32 Å². The molecule has 0 bridgehead atoms. The van der Waals surface area contributed by atoms with Gasteiger partial charge >= 0.3 is 0 Å². The second-order valence-corrected chi connectivity index (χ2v) is 7.05. The van der Waals surface area contributed by atoms with Crippen LogP contribution in [0, 0.1) is 0 Å². The van der Waals surface area contributed by atoms with Gasteiger partial charge in [0.25, 0.3) is 0 Å². The van der Waals surface area contributed by atoms with Crippen LogP contribution in [0.15, 0.2) is 36.9 Å². The highest BCUT2D eigenvalue weighted by Crippen LogP contribution is 2.43. The van der Waals surface area contributed by atoms with Gasteiger partial charge in [0.2, 0.25) is 5.91 Å². The molecule has 1 spiro atoms. The molecule has 1 atom stereocenters. The Kier molecular flexibility index (Phi) is 3.84. The molecule has 4 rings (SSSR count). The van der Waals surface area contributed by atoms with Gasteiger partial charge in [-0.15, -0.1) is 0 Å². The lowest BCUT2D eigenvalue weighted by atomic mass is 9.75. The highest BCUT2D eigenvalue weighted by molar-refractivity contribution is 5.81. The Morgan fingerprint density at radius 3 is 2.83 bits per heavy atom. The molecule has 0 saturated carbocycles. The van der Waals surface area contributed by atoms with Crippen molar-refractivity contribution in [3.05, 3.63) is 48.0 Å². The third-order valence-electron chi connectivity index (χ3n) is 5.45. The Labute approximate surface area is 141 Å². The maximum Gasteiger partial charge on any atom is 0.221 e. The van der Waals surface area contributed by atoms with Crippen molar-refractivity contribution in [1.29, 1.82) is 0 Å². The Morgan fingerprint density at radius 1 is 1.33 bits per heavy atom. The molecule has 2 aromatic rings. The van der Waals surface area contributed by atoms with E-state index in [0.29, 0.717) is 6.42 Å². The molecule has 2 aliphatic rings. The molecule has 2 aromatic heterocycles. The first-order valence-corrected chi connectivity index (χ1v) is 8.55. The summed E-state index contributed by atoms with van der Waals surface area (Å²) < 4.78 is 1.82. The molecule has 0 aliphatic carbocycles. The van der Waals surface area contributed by atoms with E-state index in [-0.39, 0.29) is 17.4 Å². The van der Waals surface area contributed by atoms with Gasteiger partial charge in [0.05, 0.1) is 6.20 Å². The molecular weight excluding hydrogens is 302 g/mol. The molecular formula is C18H23N5O. The molecule has 1 amide bonds. The maximum absolute atomic E-state index is 12.1. The molecule has 0 radical (unpaired) electrons. The van der Waals surface area contributed by atoms with Crippen LogP contribution in [0.5, 0.6) is 0 Å². The average molecular weight is 325 g/mol. The van der Waals surface area contributed by atoms with Gasteiger partial charge in [-0.05, 0) is 30.0 Å². The third kappa shape index (κ3) is 2.82. The van der Waals surface area contributed by atoms with Crippen LogP contribution in [0.25, 0.3) is 0 Å². The fourth-order valence-corrected chi connectivity index (χ4v) is 4.19. The number of nitrogens with one attached hydrogen (secondary N) is 1. The second-order valence-electron chi connectivity index (χ2n) is 7.05. The lowest BCUT2D eigenvalue weighted by molar-refractivity contribution is -0.120. The van der Waals surface area contributed by atoms with Crippen LogP contribution in [0.4, 0.5) is 0 Å². The van der Waals surface area contributed by atoms with Crippen molar-refractivity contribution in [3.8, 4) is 0 Å². The van der Waals surface area contributed by atoms with E-state index >= 15 is 0 Å². The highest BCUT2D eigenvalue weighted by atomic mass is 16.2. The number of carbonyl (C=O) groups excluding carboxylic acids is 1. The monoisotopic (exact) mass is 325 g/mol. The van der Waals surface area contributed by atoms with Gasteiger partial charge in [-0.25, -0.2) is 0 Å². The van der Waals surface area contributed by atoms with Crippen molar-refractivity contribution in [1.82, 2.24) is 25.0 Å². The van der Waals surface area contributed by atoms with Crippen molar-refractivity contribution in [2.24, 2.45) is 7.05 Å². The first-order chi connectivity index (χ1) is 11.6. The third-order valence-corrected chi connectivity index (χ3v) is 5.45. The summed E-state index contributed by atoms with van der Waals surface area (Å²) in [6.45, 7) is 2.91. The maximum atomic E-state index is 12.1.